The Morgan fingerprint density at radius 1 is 1.11 bits per heavy atom. The lowest BCUT2D eigenvalue weighted by atomic mass is 9.39. The Hall–Kier alpha value is -0.590. The molecule has 4 aliphatic rings. The molecule has 1 nitrogen and oxygen atoms in total. The second-order valence-corrected chi connectivity index (χ2v) is 8.61. The molecule has 4 bridgehead atoms. The van der Waals surface area contributed by atoms with Gasteiger partial charge in [-0.2, -0.15) is 0 Å². The van der Waals surface area contributed by atoms with Crippen LogP contribution in [0.3, 0.4) is 0 Å². The van der Waals surface area contributed by atoms with Crippen LogP contribution in [0.1, 0.15) is 72.1 Å². The molecule has 2 atom stereocenters. The molecule has 4 aliphatic carbocycles. The maximum absolute atomic E-state index is 12.9. The van der Waals surface area contributed by atoms with Crippen LogP contribution in [-0.2, 0) is 4.79 Å². The highest BCUT2D eigenvalue weighted by molar-refractivity contribution is 5.87. The third-order valence-corrected chi connectivity index (χ3v) is 6.13. The van der Waals surface area contributed by atoms with Crippen molar-refractivity contribution in [2.75, 3.05) is 0 Å². The fraction of sp³-hybridized carbons (Fsp3) is 0.833. The SMILES string of the molecule is C=C(CC)CC(=O)C12CC3CC(C)(CC(C)(C3)C1)C2. The number of Topliss-reactive ketones (excluding diaryl/α,β-unsaturated/α-hetero) is 1. The van der Waals surface area contributed by atoms with E-state index in [4.69, 9.17) is 0 Å². The van der Waals surface area contributed by atoms with Gasteiger partial charge in [-0.05, 0) is 61.7 Å². The molecule has 106 valence electrons. The van der Waals surface area contributed by atoms with E-state index < -0.39 is 0 Å². The molecule has 4 fully saturated rings. The monoisotopic (exact) mass is 260 g/mol. The minimum absolute atomic E-state index is 0.0149. The molecule has 0 aromatic heterocycles. The van der Waals surface area contributed by atoms with Gasteiger partial charge in [0.15, 0.2) is 0 Å². The third kappa shape index (κ3) is 2.10. The number of hydrogen-bond acceptors (Lipinski definition) is 1. The van der Waals surface area contributed by atoms with Crippen LogP contribution in [0.5, 0.6) is 0 Å². The van der Waals surface area contributed by atoms with Crippen LogP contribution >= 0.6 is 0 Å². The smallest absolute Gasteiger partial charge is 0.143 e. The first kappa shape index (κ1) is 13.4. The van der Waals surface area contributed by atoms with Crippen molar-refractivity contribution in [1.29, 1.82) is 0 Å². The van der Waals surface area contributed by atoms with Crippen molar-refractivity contribution in [3.63, 3.8) is 0 Å². The molecule has 4 rings (SSSR count). The fourth-order valence-corrected chi connectivity index (χ4v) is 6.30. The van der Waals surface area contributed by atoms with Gasteiger partial charge in [-0.15, -0.1) is 0 Å². The van der Waals surface area contributed by atoms with E-state index in [1.807, 2.05) is 0 Å². The summed E-state index contributed by atoms with van der Waals surface area (Å²) in [5, 5.41) is 0. The Morgan fingerprint density at radius 3 is 2.16 bits per heavy atom. The van der Waals surface area contributed by atoms with Gasteiger partial charge < -0.3 is 0 Å². The lowest BCUT2D eigenvalue weighted by Gasteiger charge is -2.64. The zero-order valence-corrected chi connectivity index (χ0v) is 12.8. The van der Waals surface area contributed by atoms with Crippen molar-refractivity contribution in [2.45, 2.75) is 72.1 Å². The van der Waals surface area contributed by atoms with Gasteiger partial charge in [0.2, 0.25) is 0 Å². The summed E-state index contributed by atoms with van der Waals surface area (Å²) in [4.78, 5) is 12.9. The van der Waals surface area contributed by atoms with Gasteiger partial charge >= 0.3 is 0 Å². The normalized spacial score (nSPS) is 47.4. The molecule has 0 saturated heterocycles. The molecule has 0 spiro atoms. The molecule has 0 aromatic carbocycles. The molecule has 4 saturated carbocycles. The number of ketones is 1. The van der Waals surface area contributed by atoms with Gasteiger partial charge in [0.05, 0.1) is 0 Å². The van der Waals surface area contributed by atoms with Crippen molar-refractivity contribution in [3.05, 3.63) is 12.2 Å². The van der Waals surface area contributed by atoms with Crippen LogP contribution < -0.4 is 0 Å². The Bertz CT molecular complexity index is 415. The molecule has 0 radical (unpaired) electrons. The highest BCUT2D eigenvalue weighted by atomic mass is 16.1. The number of hydrogen-bond donors (Lipinski definition) is 0. The van der Waals surface area contributed by atoms with Crippen LogP contribution in [-0.4, -0.2) is 5.78 Å². The molecule has 19 heavy (non-hydrogen) atoms. The summed E-state index contributed by atoms with van der Waals surface area (Å²) in [6.07, 6.45) is 9.14. The molecular weight excluding hydrogens is 232 g/mol. The largest absolute Gasteiger partial charge is 0.299 e. The van der Waals surface area contributed by atoms with Crippen molar-refractivity contribution >= 4 is 5.78 Å². The van der Waals surface area contributed by atoms with E-state index >= 15 is 0 Å². The third-order valence-electron chi connectivity index (χ3n) is 6.13. The molecular formula is C18H28O. The Balaban J connectivity index is 1.88. The van der Waals surface area contributed by atoms with Gasteiger partial charge in [-0.1, -0.05) is 32.9 Å². The highest BCUT2D eigenvalue weighted by Gasteiger charge is 2.62. The minimum Gasteiger partial charge on any atom is -0.299 e. The topological polar surface area (TPSA) is 17.1 Å². The predicted molar refractivity (Wildman–Crippen MR) is 78.9 cm³/mol. The maximum atomic E-state index is 12.9. The zero-order valence-electron chi connectivity index (χ0n) is 12.8. The second kappa shape index (κ2) is 3.96. The Labute approximate surface area is 117 Å². The Morgan fingerprint density at radius 2 is 1.68 bits per heavy atom. The molecule has 0 amide bonds. The van der Waals surface area contributed by atoms with Gasteiger partial charge in [0.25, 0.3) is 0 Å². The average molecular weight is 260 g/mol. The van der Waals surface area contributed by atoms with Crippen molar-refractivity contribution in [2.24, 2.45) is 22.2 Å². The van der Waals surface area contributed by atoms with E-state index in [0.29, 0.717) is 23.0 Å². The van der Waals surface area contributed by atoms with Gasteiger partial charge in [0, 0.05) is 11.8 Å². The summed E-state index contributed by atoms with van der Waals surface area (Å²) in [5.74, 6) is 1.32. The van der Waals surface area contributed by atoms with Crippen LogP contribution in [0.4, 0.5) is 0 Å². The standard InChI is InChI=1S/C18H28O/c1-5-13(2)6-15(19)18-9-14-7-16(3,11-18)10-17(4,8-14)12-18/h14H,2,5-12H2,1,3-4H3. The molecule has 1 heteroatoms. The fourth-order valence-electron chi connectivity index (χ4n) is 6.30. The summed E-state index contributed by atoms with van der Waals surface area (Å²) in [7, 11) is 0. The van der Waals surface area contributed by atoms with Crippen molar-refractivity contribution < 1.29 is 4.79 Å². The van der Waals surface area contributed by atoms with E-state index in [1.54, 1.807) is 0 Å². The lowest BCUT2D eigenvalue weighted by molar-refractivity contribution is -0.167. The highest BCUT2D eigenvalue weighted by Crippen LogP contribution is 2.69. The summed E-state index contributed by atoms with van der Waals surface area (Å²) in [5.41, 5.74) is 2.02. The van der Waals surface area contributed by atoms with Crippen LogP contribution in [0.2, 0.25) is 0 Å². The first-order valence-corrected chi connectivity index (χ1v) is 7.98. The molecule has 0 aliphatic heterocycles. The first-order valence-electron chi connectivity index (χ1n) is 7.98. The number of allylic oxidation sites excluding steroid dienone is 1. The summed E-state index contributed by atoms with van der Waals surface area (Å²) in [6, 6.07) is 0. The van der Waals surface area contributed by atoms with Gasteiger partial charge in [-0.25, -0.2) is 0 Å². The predicted octanol–water partition coefficient (Wildman–Crippen LogP) is 4.91. The summed E-state index contributed by atoms with van der Waals surface area (Å²) >= 11 is 0. The van der Waals surface area contributed by atoms with Crippen molar-refractivity contribution in [3.8, 4) is 0 Å². The minimum atomic E-state index is 0.0149. The first-order chi connectivity index (χ1) is 8.78. The summed E-state index contributed by atoms with van der Waals surface area (Å²) in [6.45, 7) is 11.0. The van der Waals surface area contributed by atoms with E-state index in [2.05, 4.69) is 27.4 Å². The van der Waals surface area contributed by atoms with Crippen LogP contribution in [0, 0.1) is 22.2 Å². The maximum Gasteiger partial charge on any atom is 0.143 e. The van der Waals surface area contributed by atoms with E-state index in [9.17, 15) is 4.79 Å². The Kier molecular flexibility index (Phi) is 2.79. The van der Waals surface area contributed by atoms with Crippen LogP contribution in [0.25, 0.3) is 0 Å². The number of carbonyl (C=O) groups excluding carboxylic acids is 1. The molecule has 0 N–H and O–H groups in total. The van der Waals surface area contributed by atoms with Crippen LogP contribution in [0.15, 0.2) is 12.2 Å². The van der Waals surface area contributed by atoms with E-state index in [1.165, 1.54) is 25.7 Å². The average Bonchev–Trinajstić information content (AvgIpc) is 2.23. The number of rotatable bonds is 4. The molecule has 0 heterocycles. The quantitative estimate of drug-likeness (QED) is 0.656. The van der Waals surface area contributed by atoms with E-state index in [0.717, 1.165) is 30.8 Å². The molecule has 0 aromatic rings. The van der Waals surface area contributed by atoms with Gasteiger partial charge in [0.1, 0.15) is 5.78 Å². The lowest BCUT2D eigenvalue weighted by Crippen LogP contribution is -2.57. The number of carbonyl (C=O) groups is 1. The summed E-state index contributed by atoms with van der Waals surface area (Å²) < 4.78 is 0. The van der Waals surface area contributed by atoms with Gasteiger partial charge in [-0.3, -0.25) is 4.79 Å². The zero-order chi connectivity index (χ0) is 13.9. The second-order valence-electron chi connectivity index (χ2n) is 8.61. The van der Waals surface area contributed by atoms with Crippen molar-refractivity contribution in [1.82, 2.24) is 0 Å². The molecule has 2 unspecified atom stereocenters. The van der Waals surface area contributed by atoms with E-state index in [-0.39, 0.29) is 5.41 Å².